The number of nitrogens with zero attached hydrogens (tertiary/aromatic N) is 3. The third-order valence-electron chi connectivity index (χ3n) is 3.77. The van der Waals surface area contributed by atoms with Crippen LogP contribution in [0.5, 0.6) is 5.75 Å². The molecule has 0 saturated carbocycles. The van der Waals surface area contributed by atoms with E-state index >= 15 is 0 Å². The highest BCUT2D eigenvalue weighted by Gasteiger charge is 2.17. The van der Waals surface area contributed by atoms with Gasteiger partial charge in [-0.15, -0.1) is 0 Å². The van der Waals surface area contributed by atoms with Crippen LogP contribution in [0.1, 0.15) is 15.9 Å². The van der Waals surface area contributed by atoms with Crippen LogP contribution in [-0.2, 0) is 0 Å². The van der Waals surface area contributed by atoms with Gasteiger partial charge in [0.25, 0.3) is 0 Å². The molecule has 26 heavy (non-hydrogen) atoms. The summed E-state index contributed by atoms with van der Waals surface area (Å²) < 4.78 is 5.48. The number of hydrogen-bond donors (Lipinski definition) is 0. The molecule has 1 aliphatic rings. The summed E-state index contributed by atoms with van der Waals surface area (Å²) >= 11 is 5.86. The van der Waals surface area contributed by atoms with Gasteiger partial charge in [0.1, 0.15) is 5.75 Å². The number of hydrogen-bond acceptors (Lipinski definition) is 5. The number of fused-ring (bicyclic) bond motifs is 2. The standard InChI is InChI=1S/C20H12ClN3O2/c21-14-5-7-15(8-6-14)23-24-16-9-10-19-13(11-16)12-22-18-4-2-1-3-17(18)20(25)26-19/h1-12H. The van der Waals surface area contributed by atoms with Crippen molar-refractivity contribution in [2.45, 2.75) is 0 Å². The SMILES string of the molecule is O=C1Oc2ccc(N=Nc3ccc(Cl)cc3)cc2C=Nc2ccccc21. The molecule has 1 heterocycles. The van der Waals surface area contributed by atoms with Crippen molar-refractivity contribution < 1.29 is 9.53 Å². The highest BCUT2D eigenvalue weighted by atomic mass is 35.5. The maximum Gasteiger partial charge on any atom is 0.345 e. The molecule has 3 aromatic rings. The van der Waals surface area contributed by atoms with Gasteiger partial charge in [-0.25, -0.2) is 4.79 Å². The van der Waals surface area contributed by atoms with Crippen LogP contribution in [0.25, 0.3) is 0 Å². The molecule has 4 rings (SSSR count). The minimum absolute atomic E-state index is 0.429. The van der Waals surface area contributed by atoms with Crippen LogP contribution in [0.2, 0.25) is 5.02 Å². The number of halogens is 1. The van der Waals surface area contributed by atoms with Crippen LogP contribution in [-0.4, -0.2) is 12.2 Å². The largest absolute Gasteiger partial charge is 0.422 e. The second-order valence-corrected chi connectivity index (χ2v) is 6.00. The van der Waals surface area contributed by atoms with Crippen molar-refractivity contribution in [2.24, 2.45) is 15.2 Å². The van der Waals surface area contributed by atoms with Gasteiger partial charge >= 0.3 is 5.97 Å². The Balaban J connectivity index is 1.66. The quantitative estimate of drug-likeness (QED) is 0.317. The summed E-state index contributed by atoms with van der Waals surface area (Å²) in [6.07, 6.45) is 1.65. The van der Waals surface area contributed by atoms with Gasteiger partial charge in [-0.2, -0.15) is 10.2 Å². The Labute approximate surface area is 154 Å². The van der Waals surface area contributed by atoms with Crippen LogP contribution in [0.15, 0.2) is 82.0 Å². The van der Waals surface area contributed by atoms with Gasteiger partial charge in [0, 0.05) is 16.8 Å². The highest BCUT2D eigenvalue weighted by molar-refractivity contribution is 6.30. The van der Waals surface area contributed by atoms with Crippen molar-refractivity contribution >= 4 is 40.8 Å². The number of esters is 1. The molecule has 6 heteroatoms. The summed E-state index contributed by atoms with van der Waals surface area (Å²) in [6, 6.07) is 19.3. The molecule has 0 aromatic heterocycles. The lowest BCUT2D eigenvalue weighted by Gasteiger charge is -2.12. The summed E-state index contributed by atoms with van der Waals surface area (Å²) in [7, 11) is 0. The summed E-state index contributed by atoms with van der Waals surface area (Å²) in [4.78, 5) is 16.7. The Hall–Kier alpha value is -3.31. The van der Waals surface area contributed by atoms with Crippen LogP contribution in [0.3, 0.4) is 0 Å². The van der Waals surface area contributed by atoms with E-state index in [-0.39, 0.29) is 0 Å². The van der Waals surface area contributed by atoms with E-state index < -0.39 is 5.97 Å². The van der Waals surface area contributed by atoms with Crippen molar-refractivity contribution in [3.05, 3.63) is 82.9 Å². The third-order valence-corrected chi connectivity index (χ3v) is 4.02. The van der Waals surface area contributed by atoms with Gasteiger partial charge in [-0.3, -0.25) is 4.99 Å². The van der Waals surface area contributed by atoms with Crippen LogP contribution in [0.4, 0.5) is 17.1 Å². The molecular formula is C20H12ClN3O2. The fourth-order valence-electron chi connectivity index (χ4n) is 2.47. The lowest BCUT2D eigenvalue weighted by atomic mass is 10.1. The molecule has 0 fully saturated rings. The lowest BCUT2D eigenvalue weighted by molar-refractivity contribution is 0.0735. The van der Waals surface area contributed by atoms with Crippen molar-refractivity contribution in [3.8, 4) is 5.75 Å². The predicted octanol–water partition coefficient (Wildman–Crippen LogP) is 6.04. The number of benzene rings is 3. The van der Waals surface area contributed by atoms with Gasteiger partial charge in [-0.05, 0) is 54.6 Å². The minimum atomic E-state index is -0.436. The van der Waals surface area contributed by atoms with Crippen LogP contribution >= 0.6 is 11.6 Å². The van der Waals surface area contributed by atoms with Gasteiger partial charge < -0.3 is 4.74 Å². The van der Waals surface area contributed by atoms with Crippen molar-refractivity contribution in [2.75, 3.05) is 0 Å². The predicted molar refractivity (Wildman–Crippen MR) is 101 cm³/mol. The Bertz CT molecular complexity index is 1040. The van der Waals surface area contributed by atoms with E-state index in [0.29, 0.717) is 39.0 Å². The van der Waals surface area contributed by atoms with Crippen molar-refractivity contribution in [1.82, 2.24) is 0 Å². The molecular weight excluding hydrogens is 350 g/mol. The molecule has 126 valence electrons. The van der Waals surface area contributed by atoms with Crippen molar-refractivity contribution in [1.29, 1.82) is 0 Å². The zero-order valence-electron chi connectivity index (χ0n) is 13.5. The van der Waals surface area contributed by atoms with E-state index in [1.165, 1.54) is 0 Å². The fraction of sp³-hybridized carbons (Fsp3) is 0. The van der Waals surface area contributed by atoms with E-state index in [9.17, 15) is 4.79 Å². The maximum absolute atomic E-state index is 12.3. The summed E-state index contributed by atoms with van der Waals surface area (Å²) in [6.45, 7) is 0. The smallest absolute Gasteiger partial charge is 0.345 e. The molecule has 0 bridgehead atoms. The first-order valence-corrected chi connectivity index (χ1v) is 8.23. The molecule has 5 nitrogen and oxygen atoms in total. The van der Waals surface area contributed by atoms with E-state index in [0.717, 1.165) is 0 Å². The fourth-order valence-corrected chi connectivity index (χ4v) is 2.59. The molecule has 0 unspecified atom stereocenters. The zero-order chi connectivity index (χ0) is 17.9. The Morgan fingerprint density at radius 2 is 1.62 bits per heavy atom. The zero-order valence-corrected chi connectivity index (χ0v) is 14.2. The number of ether oxygens (including phenoxy) is 1. The first-order valence-electron chi connectivity index (χ1n) is 7.86. The molecule has 0 saturated heterocycles. The molecule has 0 atom stereocenters. The second-order valence-electron chi connectivity index (χ2n) is 5.56. The van der Waals surface area contributed by atoms with Crippen molar-refractivity contribution in [3.63, 3.8) is 0 Å². The average Bonchev–Trinajstić information content (AvgIpc) is 2.66. The molecule has 1 aliphatic heterocycles. The Morgan fingerprint density at radius 1 is 0.885 bits per heavy atom. The molecule has 3 aromatic carbocycles. The van der Waals surface area contributed by atoms with E-state index in [1.807, 2.05) is 6.07 Å². The Kier molecular flexibility index (Phi) is 4.29. The van der Waals surface area contributed by atoms with E-state index in [1.54, 1.807) is 66.9 Å². The Morgan fingerprint density at radius 3 is 2.46 bits per heavy atom. The third kappa shape index (κ3) is 3.38. The van der Waals surface area contributed by atoms with E-state index in [4.69, 9.17) is 16.3 Å². The van der Waals surface area contributed by atoms with Crippen LogP contribution < -0.4 is 4.74 Å². The van der Waals surface area contributed by atoms with Gasteiger partial charge in [0.05, 0.1) is 22.6 Å². The normalized spacial score (nSPS) is 12.9. The highest BCUT2D eigenvalue weighted by Crippen LogP contribution is 2.30. The van der Waals surface area contributed by atoms with Gasteiger partial charge in [0.2, 0.25) is 0 Å². The van der Waals surface area contributed by atoms with E-state index in [2.05, 4.69) is 15.2 Å². The number of para-hydroxylation sites is 1. The van der Waals surface area contributed by atoms with Gasteiger partial charge in [0.15, 0.2) is 0 Å². The summed E-state index contributed by atoms with van der Waals surface area (Å²) in [5.41, 5.74) is 2.96. The number of carbonyl (C=O) groups is 1. The van der Waals surface area contributed by atoms with Gasteiger partial charge in [-0.1, -0.05) is 23.7 Å². The first-order chi connectivity index (χ1) is 12.7. The molecule has 0 N–H and O–H groups in total. The second kappa shape index (κ2) is 6.90. The van der Waals surface area contributed by atoms with Crippen LogP contribution in [0, 0.1) is 0 Å². The average molecular weight is 362 g/mol. The molecule has 0 radical (unpaired) electrons. The number of aliphatic imine (C=N–C) groups is 1. The summed E-state index contributed by atoms with van der Waals surface area (Å²) in [5, 5.41) is 9.03. The molecule has 0 spiro atoms. The first kappa shape index (κ1) is 16.2. The monoisotopic (exact) mass is 361 g/mol. The number of carbonyl (C=O) groups excluding carboxylic acids is 1. The molecule has 0 aliphatic carbocycles. The molecule has 0 amide bonds. The minimum Gasteiger partial charge on any atom is -0.422 e. The topological polar surface area (TPSA) is 63.4 Å². The maximum atomic E-state index is 12.3. The number of azo groups is 1. The summed E-state index contributed by atoms with van der Waals surface area (Å²) in [5.74, 6) is -0.00654. The number of rotatable bonds is 2. The lowest BCUT2D eigenvalue weighted by Crippen LogP contribution is -2.11.